The Morgan fingerprint density at radius 1 is 1.13 bits per heavy atom. The van der Waals surface area contributed by atoms with Crippen LogP contribution >= 0.6 is 31.9 Å². The van der Waals surface area contributed by atoms with Crippen LogP contribution in [0.3, 0.4) is 0 Å². The third-order valence-electron chi connectivity index (χ3n) is 4.47. The Morgan fingerprint density at radius 2 is 1.77 bits per heavy atom. The van der Waals surface area contributed by atoms with Gasteiger partial charge in [-0.25, -0.2) is 4.79 Å². The highest BCUT2D eigenvalue weighted by Gasteiger charge is 2.29. The second-order valence-corrected chi connectivity index (χ2v) is 8.09. The minimum atomic E-state index is -1.03. The molecule has 0 aliphatic carbocycles. The number of benzene rings is 2. The summed E-state index contributed by atoms with van der Waals surface area (Å²) in [5.41, 5.74) is 2.31. The van der Waals surface area contributed by atoms with Crippen LogP contribution in [-0.2, 0) is 4.79 Å². The molecule has 3 rings (SSSR count). The van der Waals surface area contributed by atoms with E-state index in [0.717, 1.165) is 10.0 Å². The quantitative estimate of drug-likeness (QED) is 0.458. The van der Waals surface area contributed by atoms with E-state index < -0.39 is 5.97 Å². The van der Waals surface area contributed by atoms with Crippen LogP contribution in [0.5, 0.6) is 11.5 Å². The number of hydrogen-bond acceptors (Lipinski definition) is 5. The molecule has 1 amide bonds. The van der Waals surface area contributed by atoms with Crippen molar-refractivity contribution in [1.82, 2.24) is 0 Å². The van der Waals surface area contributed by atoms with Crippen LogP contribution in [0.2, 0.25) is 0 Å². The van der Waals surface area contributed by atoms with Gasteiger partial charge in [0.25, 0.3) is 5.91 Å². The molecule has 0 aromatic heterocycles. The lowest BCUT2D eigenvalue weighted by Crippen LogP contribution is -2.21. The van der Waals surface area contributed by atoms with Crippen molar-refractivity contribution in [3.63, 3.8) is 0 Å². The van der Waals surface area contributed by atoms with Gasteiger partial charge in [-0.2, -0.15) is 10.1 Å². The molecule has 7 nitrogen and oxygen atoms in total. The number of hydrogen-bond donors (Lipinski definition) is 1. The molecule has 0 bridgehead atoms. The van der Waals surface area contributed by atoms with E-state index in [1.165, 1.54) is 17.1 Å². The summed E-state index contributed by atoms with van der Waals surface area (Å²) in [6, 6.07) is 7.79. The molecule has 162 valence electrons. The molecule has 0 unspecified atom stereocenters. The summed E-state index contributed by atoms with van der Waals surface area (Å²) in [5.74, 6) is -0.194. The van der Waals surface area contributed by atoms with E-state index in [4.69, 9.17) is 14.6 Å². The Morgan fingerprint density at radius 3 is 2.35 bits per heavy atom. The van der Waals surface area contributed by atoms with Gasteiger partial charge in [0.1, 0.15) is 0 Å². The van der Waals surface area contributed by atoms with E-state index in [1.54, 1.807) is 31.2 Å². The number of amides is 1. The molecule has 1 heterocycles. The zero-order valence-electron chi connectivity index (χ0n) is 17.1. The van der Waals surface area contributed by atoms with Crippen molar-refractivity contribution in [3.05, 3.63) is 56.0 Å². The molecule has 1 aliphatic heterocycles. The standard InChI is InChI=1S/C22H20Br2N2O5/c1-4-30-17-11-14(18(23)19(24)20(17)31-5-2)10-16-12(3)25-26(21(16)27)15-8-6-13(7-9-15)22(28)29/h6-11H,4-5H2,1-3H3,(H,28,29)/b16-10-. The zero-order valence-corrected chi connectivity index (χ0v) is 20.3. The number of carbonyl (C=O) groups is 2. The molecule has 1 aliphatic rings. The minimum absolute atomic E-state index is 0.137. The van der Waals surface area contributed by atoms with Crippen LogP contribution in [0.25, 0.3) is 6.08 Å². The first-order chi connectivity index (χ1) is 14.8. The summed E-state index contributed by atoms with van der Waals surface area (Å²) < 4.78 is 12.8. The highest BCUT2D eigenvalue weighted by molar-refractivity contribution is 9.13. The molecular weight excluding hydrogens is 532 g/mol. The second-order valence-electron chi connectivity index (χ2n) is 6.50. The highest BCUT2D eigenvalue weighted by Crippen LogP contribution is 2.44. The van der Waals surface area contributed by atoms with Gasteiger partial charge in [0.05, 0.1) is 40.2 Å². The Kier molecular flexibility index (Phi) is 7.17. The highest BCUT2D eigenvalue weighted by atomic mass is 79.9. The van der Waals surface area contributed by atoms with Crippen molar-refractivity contribution in [1.29, 1.82) is 0 Å². The van der Waals surface area contributed by atoms with Crippen LogP contribution < -0.4 is 14.5 Å². The predicted molar refractivity (Wildman–Crippen MR) is 126 cm³/mol. The van der Waals surface area contributed by atoms with Crippen molar-refractivity contribution in [2.75, 3.05) is 18.2 Å². The third kappa shape index (κ3) is 4.67. The molecule has 0 saturated heterocycles. The minimum Gasteiger partial charge on any atom is -0.490 e. The second kappa shape index (κ2) is 9.65. The van der Waals surface area contributed by atoms with Gasteiger partial charge in [-0.3, -0.25) is 4.79 Å². The maximum Gasteiger partial charge on any atom is 0.335 e. The van der Waals surface area contributed by atoms with Gasteiger partial charge in [-0.05, 0) is 94.6 Å². The lowest BCUT2D eigenvalue weighted by atomic mass is 10.1. The van der Waals surface area contributed by atoms with E-state index in [0.29, 0.717) is 46.2 Å². The van der Waals surface area contributed by atoms with Gasteiger partial charge in [0, 0.05) is 4.47 Å². The summed E-state index contributed by atoms with van der Waals surface area (Å²) in [7, 11) is 0. The maximum absolute atomic E-state index is 13.1. The van der Waals surface area contributed by atoms with Crippen LogP contribution in [-0.4, -0.2) is 35.9 Å². The number of halogens is 2. The van der Waals surface area contributed by atoms with Crippen molar-refractivity contribution in [2.45, 2.75) is 20.8 Å². The van der Waals surface area contributed by atoms with E-state index in [2.05, 4.69) is 37.0 Å². The zero-order chi connectivity index (χ0) is 22.7. The van der Waals surface area contributed by atoms with Crippen LogP contribution in [0.4, 0.5) is 5.69 Å². The summed E-state index contributed by atoms with van der Waals surface area (Å²) >= 11 is 7.11. The number of anilines is 1. The van der Waals surface area contributed by atoms with Crippen LogP contribution in [0, 0.1) is 0 Å². The molecule has 1 N–H and O–H groups in total. The number of carbonyl (C=O) groups excluding carboxylic acids is 1. The van der Waals surface area contributed by atoms with Crippen molar-refractivity contribution in [3.8, 4) is 11.5 Å². The summed E-state index contributed by atoms with van der Waals surface area (Å²) in [6.45, 7) is 6.46. The fourth-order valence-electron chi connectivity index (χ4n) is 3.01. The van der Waals surface area contributed by atoms with Gasteiger partial charge in [0.2, 0.25) is 0 Å². The Balaban J connectivity index is 1.99. The first-order valence-electron chi connectivity index (χ1n) is 9.51. The Bertz CT molecular complexity index is 1090. The normalized spacial score (nSPS) is 14.7. The van der Waals surface area contributed by atoms with E-state index >= 15 is 0 Å². The van der Waals surface area contributed by atoms with Gasteiger partial charge in [-0.15, -0.1) is 0 Å². The SMILES string of the molecule is CCOc1cc(/C=C2\C(=O)N(c3ccc(C(=O)O)cc3)N=C2C)c(Br)c(Br)c1OCC. The maximum atomic E-state index is 13.1. The molecule has 0 saturated carbocycles. The molecule has 0 radical (unpaired) electrons. The number of carboxylic acid groups (broad SMARTS) is 1. The Hall–Kier alpha value is -2.65. The lowest BCUT2D eigenvalue weighted by molar-refractivity contribution is -0.114. The Labute approximate surface area is 196 Å². The molecule has 0 atom stereocenters. The summed E-state index contributed by atoms with van der Waals surface area (Å²) in [5, 5.41) is 14.7. The predicted octanol–water partition coefficient (Wildman–Crippen LogP) is 5.51. The van der Waals surface area contributed by atoms with E-state index in [1.807, 2.05) is 13.8 Å². The average molecular weight is 552 g/mol. The first kappa shape index (κ1) is 23.0. The summed E-state index contributed by atoms with van der Waals surface area (Å²) in [4.78, 5) is 24.1. The number of hydrazone groups is 1. The molecular formula is C22H20Br2N2O5. The largest absolute Gasteiger partial charge is 0.490 e. The topological polar surface area (TPSA) is 88.4 Å². The average Bonchev–Trinajstić information content (AvgIpc) is 3.03. The summed E-state index contributed by atoms with van der Waals surface area (Å²) in [6.07, 6.45) is 1.74. The molecule has 9 heteroatoms. The number of rotatable bonds is 7. The molecule has 2 aromatic carbocycles. The molecule has 31 heavy (non-hydrogen) atoms. The number of nitrogens with zero attached hydrogens (tertiary/aromatic N) is 2. The van der Waals surface area contributed by atoms with Crippen molar-refractivity contribution >= 4 is 61.2 Å². The van der Waals surface area contributed by atoms with Crippen molar-refractivity contribution in [2.24, 2.45) is 5.10 Å². The van der Waals surface area contributed by atoms with Gasteiger partial charge < -0.3 is 14.6 Å². The van der Waals surface area contributed by atoms with Crippen LogP contribution in [0.1, 0.15) is 36.7 Å². The van der Waals surface area contributed by atoms with E-state index in [9.17, 15) is 9.59 Å². The molecule has 0 fully saturated rings. The lowest BCUT2D eigenvalue weighted by Gasteiger charge is -2.16. The fraction of sp³-hybridized carbons (Fsp3) is 0.227. The van der Waals surface area contributed by atoms with Crippen molar-refractivity contribution < 1.29 is 24.2 Å². The van der Waals surface area contributed by atoms with E-state index in [-0.39, 0.29) is 11.5 Å². The van der Waals surface area contributed by atoms with Crippen LogP contribution in [0.15, 0.2) is 50.0 Å². The fourth-order valence-corrected chi connectivity index (χ4v) is 3.96. The first-order valence-corrected chi connectivity index (χ1v) is 11.1. The molecule has 0 spiro atoms. The van der Waals surface area contributed by atoms with Gasteiger partial charge in [-0.1, -0.05) is 0 Å². The number of ether oxygens (including phenoxy) is 2. The monoisotopic (exact) mass is 550 g/mol. The van der Waals surface area contributed by atoms with Gasteiger partial charge in [0.15, 0.2) is 11.5 Å². The third-order valence-corrected chi connectivity index (χ3v) is 6.61. The molecule has 2 aromatic rings. The smallest absolute Gasteiger partial charge is 0.335 e. The number of carboxylic acids is 1. The van der Waals surface area contributed by atoms with Gasteiger partial charge >= 0.3 is 5.97 Å². The number of aromatic carboxylic acids is 1.